The fourth-order valence-electron chi connectivity index (χ4n) is 2.46. The van der Waals surface area contributed by atoms with Gasteiger partial charge in [0.15, 0.2) is 0 Å². The molecule has 1 saturated carbocycles. The van der Waals surface area contributed by atoms with Crippen LogP contribution in [-0.2, 0) is 0 Å². The minimum atomic E-state index is 0.253. The first-order chi connectivity index (χ1) is 7.08. The first-order valence-electron chi connectivity index (χ1n) is 5.91. The second-order valence-corrected chi connectivity index (χ2v) is 5.75. The molecule has 1 aliphatic carbocycles. The lowest BCUT2D eigenvalue weighted by Crippen LogP contribution is -2.59. The number of nitrogens with zero attached hydrogens (tertiary/aromatic N) is 2. The Morgan fingerprint density at radius 3 is 2.67 bits per heavy atom. The van der Waals surface area contributed by atoms with Crippen LogP contribution in [0.4, 0.5) is 0 Å². The molecule has 2 rings (SSSR count). The van der Waals surface area contributed by atoms with E-state index < -0.39 is 0 Å². The lowest BCUT2D eigenvalue weighted by Gasteiger charge is -2.44. The SMILES string of the molecule is CC1(C)CNCCN1CC1(CC#N)CC1. The third kappa shape index (κ3) is 2.32. The minimum absolute atomic E-state index is 0.253. The lowest BCUT2D eigenvalue weighted by molar-refractivity contribution is 0.0681. The normalized spacial score (nSPS) is 28.3. The van der Waals surface area contributed by atoms with Gasteiger partial charge in [0.05, 0.1) is 6.07 Å². The highest BCUT2D eigenvalue weighted by Gasteiger charge is 2.46. The Morgan fingerprint density at radius 2 is 2.13 bits per heavy atom. The highest BCUT2D eigenvalue weighted by molar-refractivity contribution is 5.03. The van der Waals surface area contributed by atoms with E-state index in [1.165, 1.54) is 12.8 Å². The van der Waals surface area contributed by atoms with Crippen LogP contribution < -0.4 is 5.32 Å². The van der Waals surface area contributed by atoms with Crippen LogP contribution in [0.25, 0.3) is 0 Å². The van der Waals surface area contributed by atoms with Crippen LogP contribution in [0.5, 0.6) is 0 Å². The van der Waals surface area contributed by atoms with Crippen molar-refractivity contribution in [1.82, 2.24) is 10.2 Å². The van der Waals surface area contributed by atoms with Crippen molar-refractivity contribution < 1.29 is 0 Å². The predicted molar refractivity (Wildman–Crippen MR) is 60.4 cm³/mol. The van der Waals surface area contributed by atoms with Crippen LogP contribution in [0.2, 0.25) is 0 Å². The van der Waals surface area contributed by atoms with Crippen LogP contribution >= 0.6 is 0 Å². The summed E-state index contributed by atoms with van der Waals surface area (Å²) >= 11 is 0. The fraction of sp³-hybridized carbons (Fsp3) is 0.917. The highest BCUT2D eigenvalue weighted by Crippen LogP contribution is 2.49. The van der Waals surface area contributed by atoms with Crippen LogP contribution in [0.15, 0.2) is 0 Å². The monoisotopic (exact) mass is 207 g/mol. The molecule has 1 heterocycles. The molecule has 0 aromatic heterocycles. The van der Waals surface area contributed by atoms with Gasteiger partial charge in [0.2, 0.25) is 0 Å². The largest absolute Gasteiger partial charge is 0.314 e. The molecule has 0 unspecified atom stereocenters. The Kier molecular flexibility index (Phi) is 2.74. The van der Waals surface area contributed by atoms with Crippen molar-refractivity contribution in [2.75, 3.05) is 26.2 Å². The smallest absolute Gasteiger partial charge is 0.0628 e. The molecule has 2 aliphatic rings. The topological polar surface area (TPSA) is 39.1 Å². The third-order valence-corrected chi connectivity index (χ3v) is 3.91. The van der Waals surface area contributed by atoms with Gasteiger partial charge in [0.25, 0.3) is 0 Å². The van der Waals surface area contributed by atoms with E-state index in [1.807, 2.05) is 0 Å². The summed E-state index contributed by atoms with van der Waals surface area (Å²) in [7, 11) is 0. The Balaban J connectivity index is 1.96. The summed E-state index contributed by atoms with van der Waals surface area (Å²) < 4.78 is 0. The van der Waals surface area contributed by atoms with Crippen molar-refractivity contribution in [2.24, 2.45) is 5.41 Å². The molecule has 0 bridgehead atoms. The molecule has 15 heavy (non-hydrogen) atoms. The van der Waals surface area contributed by atoms with Gasteiger partial charge in [-0.05, 0) is 32.1 Å². The Bertz CT molecular complexity index is 273. The van der Waals surface area contributed by atoms with Crippen LogP contribution in [-0.4, -0.2) is 36.6 Å². The first-order valence-corrected chi connectivity index (χ1v) is 5.91. The van der Waals surface area contributed by atoms with Crippen molar-refractivity contribution in [3.63, 3.8) is 0 Å². The van der Waals surface area contributed by atoms with Gasteiger partial charge in [-0.15, -0.1) is 0 Å². The number of rotatable bonds is 3. The third-order valence-electron chi connectivity index (χ3n) is 3.91. The van der Waals surface area contributed by atoms with E-state index >= 15 is 0 Å². The fourth-order valence-corrected chi connectivity index (χ4v) is 2.46. The second-order valence-electron chi connectivity index (χ2n) is 5.75. The number of piperazine rings is 1. The molecule has 3 heteroatoms. The molecule has 84 valence electrons. The zero-order valence-corrected chi connectivity index (χ0v) is 9.84. The van der Waals surface area contributed by atoms with E-state index in [1.54, 1.807) is 0 Å². The zero-order valence-electron chi connectivity index (χ0n) is 9.84. The van der Waals surface area contributed by atoms with Crippen molar-refractivity contribution in [1.29, 1.82) is 5.26 Å². The van der Waals surface area contributed by atoms with Gasteiger partial charge in [0.1, 0.15) is 0 Å². The van der Waals surface area contributed by atoms with Crippen molar-refractivity contribution in [3.8, 4) is 6.07 Å². The quantitative estimate of drug-likeness (QED) is 0.759. The van der Waals surface area contributed by atoms with Gasteiger partial charge < -0.3 is 5.32 Å². The van der Waals surface area contributed by atoms with Crippen molar-refractivity contribution in [3.05, 3.63) is 0 Å². The average Bonchev–Trinajstić information content (AvgIpc) is 2.90. The van der Waals surface area contributed by atoms with E-state index in [0.29, 0.717) is 5.41 Å². The molecule has 2 fully saturated rings. The van der Waals surface area contributed by atoms with E-state index in [4.69, 9.17) is 5.26 Å². The molecule has 1 saturated heterocycles. The summed E-state index contributed by atoms with van der Waals surface area (Å²) in [5.74, 6) is 0. The molecule has 0 aromatic rings. The van der Waals surface area contributed by atoms with Gasteiger partial charge >= 0.3 is 0 Å². The molecule has 0 spiro atoms. The van der Waals surface area contributed by atoms with Gasteiger partial charge in [0, 0.05) is 38.1 Å². The maximum absolute atomic E-state index is 8.82. The summed E-state index contributed by atoms with van der Waals surface area (Å²) in [5.41, 5.74) is 0.604. The second kappa shape index (κ2) is 3.77. The first kappa shape index (κ1) is 10.9. The van der Waals surface area contributed by atoms with Crippen LogP contribution in [0.3, 0.4) is 0 Å². The molecule has 0 aromatic carbocycles. The predicted octanol–water partition coefficient (Wildman–Crippen LogP) is 1.36. The van der Waals surface area contributed by atoms with E-state index in [2.05, 4.69) is 30.1 Å². The molecule has 3 nitrogen and oxygen atoms in total. The molecule has 0 atom stereocenters. The standard InChI is InChI=1S/C12H21N3/c1-11(2)9-14-7-8-15(11)10-12(3-4-12)5-6-13/h14H,3-5,7-10H2,1-2H3. The lowest BCUT2D eigenvalue weighted by atomic mass is 9.95. The van der Waals surface area contributed by atoms with Crippen molar-refractivity contribution >= 4 is 0 Å². The molecule has 0 radical (unpaired) electrons. The van der Waals surface area contributed by atoms with E-state index in [-0.39, 0.29) is 5.54 Å². The van der Waals surface area contributed by atoms with Gasteiger partial charge in [-0.25, -0.2) is 0 Å². The summed E-state index contributed by atoms with van der Waals surface area (Å²) in [6.07, 6.45) is 3.24. The Hall–Kier alpha value is -0.590. The van der Waals surface area contributed by atoms with Gasteiger partial charge in [-0.3, -0.25) is 4.90 Å². The zero-order chi connectivity index (χ0) is 10.9. The number of nitriles is 1. The summed E-state index contributed by atoms with van der Waals surface area (Å²) in [4.78, 5) is 2.56. The molecular weight excluding hydrogens is 186 g/mol. The number of nitrogens with one attached hydrogen (secondary N) is 1. The highest BCUT2D eigenvalue weighted by atomic mass is 15.3. The number of hydrogen-bond donors (Lipinski definition) is 1. The van der Waals surface area contributed by atoms with Crippen molar-refractivity contribution in [2.45, 2.75) is 38.6 Å². The minimum Gasteiger partial charge on any atom is -0.314 e. The summed E-state index contributed by atoms with van der Waals surface area (Å²) in [6, 6.07) is 2.35. The maximum Gasteiger partial charge on any atom is 0.0628 e. The Labute approximate surface area is 92.4 Å². The molecule has 0 amide bonds. The van der Waals surface area contributed by atoms with Crippen LogP contribution in [0.1, 0.15) is 33.1 Å². The molecule has 1 aliphatic heterocycles. The Morgan fingerprint density at radius 1 is 1.40 bits per heavy atom. The summed E-state index contributed by atoms with van der Waals surface area (Å²) in [6.45, 7) is 8.99. The summed E-state index contributed by atoms with van der Waals surface area (Å²) in [5, 5.41) is 12.3. The van der Waals surface area contributed by atoms with E-state index in [0.717, 1.165) is 32.6 Å². The molecular formula is C12H21N3. The van der Waals surface area contributed by atoms with Gasteiger partial charge in [-0.1, -0.05) is 0 Å². The number of hydrogen-bond acceptors (Lipinski definition) is 3. The average molecular weight is 207 g/mol. The molecule has 1 N–H and O–H groups in total. The maximum atomic E-state index is 8.82. The van der Waals surface area contributed by atoms with Gasteiger partial charge in [-0.2, -0.15) is 5.26 Å². The van der Waals surface area contributed by atoms with E-state index in [9.17, 15) is 0 Å². The van der Waals surface area contributed by atoms with Crippen LogP contribution in [0, 0.1) is 16.7 Å².